The average Bonchev–Trinajstić information content (AvgIpc) is 2.46. The van der Waals surface area contributed by atoms with Crippen LogP contribution < -0.4 is 15.5 Å². The Bertz CT molecular complexity index is 454. The first kappa shape index (κ1) is 16.1. The van der Waals surface area contributed by atoms with Gasteiger partial charge in [0.05, 0.1) is 6.54 Å². The van der Waals surface area contributed by atoms with Crippen LogP contribution in [0.1, 0.15) is 18.1 Å². The fraction of sp³-hybridized carbons (Fsp3) is 0.600. The van der Waals surface area contributed by atoms with Crippen LogP contribution in [0, 0.1) is 0 Å². The van der Waals surface area contributed by atoms with E-state index in [1.165, 1.54) is 0 Å². The highest BCUT2D eigenvalue weighted by Crippen LogP contribution is 2.21. The van der Waals surface area contributed by atoms with Crippen LogP contribution in [0.25, 0.3) is 0 Å². The SMILES string of the molecule is CCc1cc(CNCC(F)(F)F)cc(N2CCNCC2)c1. The Balaban J connectivity index is 2.06. The van der Waals surface area contributed by atoms with Crippen LogP contribution in [0.2, 0.25) is 0 Å². The van der Waals surface area contributed by atoms with E-state index in [-0.39, 0.29) is 6.54 Å². The molecule has 0 saturated carbocycles. The number of hydrogen-bond acceptors (Lipinski definition) is 3. The molecule has 0 amide bonds. The van der Waals surface area contributed by atoms with E-state index >= 15 is 0 Å². The van der Waals surface area contributed by atoms with E-state index < -0.39 is 12.7 Å². The van der Waals surface area contributed by atoms with Crippen molar-refractivity contribution in [3.05, 3.63) is 29.3 Å². The number of benzene rings is 1. The first-order chi connectivity index (χ1) is 9.98. The number of alkyl halides is 3. The van der Waals surface area contributed by atoms with Crippen LogP contribution in [0.15, 0.2) is 18.2 Å². The molecule has 0 radical (unpaired) electrons. The van der Waals surface area contributed by atoms with Crippen LogP contribution in [0.5, 0.6) is 0 Å². The van der Waals surface area contributed by atoms with E-state index in [0.717, 1.165) is 49.4 Å². The Labute approximate surface area is 123 Å². The molecule has 0 unspecified atom stereocenters. The van der Waals surface area contributed by atoms with E-state index in [0.29, 0.717) is 0 Å². The van der Waals surface area contributed by atoms with Gasteiger partial charge in [-0.2, -0.15) is 13.2 Å². The summed E-state index contributed by atoms with van der Waals surface area (Å²) in [4.78, 5) is 2.28. The smallest absolute Gasteiger partial charge is 0.369 e. The maximum Gasteiger partial charge on any atom is 0.401 e. The summed E-state index contributed by atoms with van der Waals surface area (Å²) >= 11 is 0. The minimum atomic E-state index is -4.16. The minimum absolute atomic E-state index is 0.242. The van der Waals surface area contributed by atoms with Crippen LogP contribution in [-0.4, -0.2) is 38.9 Å². The van der Waals surface area contributed by atoms with Crippen molar-refractivity contribution < 1.29 is 13.2 Å². The Morgan fingerprint density at radius 3 is 2.43 bits per heavy atom. The fourth-order valence-electron chi connectivity index (χ4n) is 2.50. The Kier molecular flexibility index (Phi) is 5.47. The number of hydrogen-bond donors (Lipinski definition) is 2. The minimum Gasteiger partial charge on any atom is -0.369 e. The van der Waals surface area contributed by atoms with Crippen LogP contribution in [0.3, 0.4) is 0 Å². The van der Waals surface area contributed by atoms with E-state index in [1.54, 1.807) is 0 Å². The number of nitrogens with zero attached hydrogens (tertiary/aromatic N) is 1. The van der Waals surface area contributed by atoms with Crippen LogP contribution in [0.4, 0.5) is 18.9 Å². The number of rotatable bonds is 5. The monoisotopic (exact) mass is 301 g/mol. The largest absolute Gasteiger partial charge is 0.401 e. The summed E-state index contributed by atoms with van der Waals surface area (Å²) in [5.74, 6) is 0. The van der Waals surface area contributed by atoms with Crippen molar-refractivity contribution >= 4 is 5.69 Å². The molecule has 2 N–H and O–H groups in total. The number of halogens is 3. The first-order valence-electron chi connectivity index (χ1n) is 7.34. The highest BCUT2D eigenvalue weighted by Gasteiger charge is 2.26. The molecule has 6 heteroatoms. The summed E-state index contributed by atoms with van der Waals surface area (Å²) in [5.41, 5.74) is 3.18. The summed E-state index contributed by atoms with van der Waals surface area (Å²) in [6.45, 7) is 5.10. The van der Waals surface area contributed by atoms with Gasteiger partial charge in [0, 0.05) is 38.4 Å². The molecule has 1 aliphatic heterocycles. The normalized spacial score (nSPS) is 16.3. The average molecular weight is 301 g/mol. The summed E-state index contributed by atoms with van der Waals surface area (Å²) in [6.07, 6.45) is -3.28. The number of aryl methyl sites for hydroxylation is 1. The number of anilines is 1. The maximum absolute atomic E-state index is 12.2. The lowest BCUT2D eigenvalue weighted by Gasteiger charge is -2.30. The zero-order valence-electron chi connectivity index (χ0n) is 12.3. The summed E-state index contributed by atoms with van der Waals surface area (Å²) in [7, 11) is 0. The molecule has 1 fully saturated rings. The molecule has 1 aromatic rings. The molecule has 21 heavy (non-hydrogen) atoms. The molecular formula is C15H22F3N3. The zero-order valence-corrected chi connectivity index (χ0v) is 12.3. The lowest BCUT2D eigenvalue weighted by atomic mass is 10.1. The Morgan fingerprint density at radius 1 is 1.14 bits per heavy atom. The molecule has 0 bridgehead atoms. The number of piperazine rings is 1. The van der Waals surface area contributed by atoms with Gasteiger partial charge < -0.3 is 15.5 Å². The van der Waals surface area contributed by atoms with Gasteiger partial charge in [-0.25, -0.2) is 0 Å². The fourth-order valence-corrected chi connectivity index (χ4v) is 2.50. The molecule has 0 spiro atoms. The third-order valence-electron chi connectivity index (χ3n) is 3.58. The zero-order chi connectivity index (χ0) is 15.3. The molecular weight excluding hydrogens is 279 g/mol. The Hall–Kier alpha value is -1.27. The third-order valence-corrected chi connectivity index (χ3v) is 3.58. The topological polar surface area (TPSA) is 27.3 Å². The summed E-state index contributed by atoms with van der Waals surface area (Å²) in [6, 6.07) is 6.11. The lowest BCUT2D eigenvalue weighted by molar-refractivity contribution is -0.125. The second kappa shape index (κ2) is 7.13. The van der Waals surface area contributed by atoms with E-state index in [1.807, 2.05) is 12.1 Å². The standard InChI is InChI=1S/C15H22F3N3/c1-2-12-7-13(10-20-11-15(16,17)18)9-14(8-12)21-5-3-19-4-6-21/h7-9,19-20H,2-6,10-11H2,1H3. The maximum atomic E-state index is 12.2. The predicted octanol–water partition coefficient (Wildman–Crippen LogP) is 2.31. The highest BCUT2D eigenvalue weighted by atomic mass is 19.4. The van der Waals surface area contributed by atoms with Crippen molar-refractivity contribution in [2.45, 2.75) is 26.1 Å². The van der Waals surface area contributed by atoms with E-state index in [4.69, 9.17) is 0 Å². The van der Waals surface area contributed by atoms with Crippen molar-refractivity contribution in [1.82, 2.24) is 10.6 Å². The molecule has 2 rings (SSSR count). The third kappa shape index (κ3) is 5.21. The van der Waals surface area contributed by atoms with Gasteiger partial charge in [0.15, 0.2) is 0 Å². The highest BCUT2D eigenvalue weighted by molar-refractivity contribution is 5.52. The van der Waals surface area contributed by atoms with Crippen molar-refractivity contribution in [3.63, 3.8) is 0 Å². The van der Waals surface area contributed by atoms with E-state index in [2.05, 4.69) is 28.5 Å². The van der Waals surface area contributed by atoms with Crippen molar-refractivity contribution in [2.24, 2.45) is 0 Å². The van der Waals surface area contributed by atoms with Gasteiger partial charge in [-0.05, 0) is 29.7 Å². The van der Waals surface area contributed by atoms with Crippen LogP contribution >= 0.6 is 0 Å². The van der Waals surface area contributed by atoms with Gasteiger partial charge in [0.1, 0.15) is 0 Å². The van der Waals surface area contributed by atoms with Gasteiger partial charge in [-0.15, -0.1) is 0 Å². The second-order valence-corrected chi connectivity index (χ2v) is 5.32. The molecule has 3 nitrogen and oxygen atoms in total. The lowest BCUT2D eigenvalue weighted by Crippen LogP contribution is -2.43. The molecule has 0 aromatic heterocycles. The van der Waals surface area contributed by atoms with Crippen molar-refractivity contribution in [3.8, 4) is 0 Å². The second-order valence-electron chi connectivity index (χ2n) is 5.32. The summed E-state index contributed by atoms with van der Waals surface area (Å²) in [5, 5.41) is 5.77. The Morgan fingerprint density at radius 2 is 1.81 bits per heavy atom. The quantitative estimate of drug-likeness (QED) is 0.874. The summed E-state index contributed by atoms with van der Waals surface area (Å²) < 4.78 is 36.6. The number of nitrogens with one attached hydrogen (secondary N) is 2. The van der Waals surface area contributed by atoms with Gasteiger partial charge in [0.2, 0.25) is 0 Å². The van der Waals surface area contributed by atoms with Gasteiger partial charge in [0.25, 0.3) is 0 Å². The van der Waals surface area contributed by atoms with Crippen molar-refractivity contribution in [1.29, 1.82) is 0 Å². The molecule has 1 heterocycles. The van der Waals surface area contributed by atoms with Crippen LogP contribution in [-0.2, 0) is 13.0 Å². The predicted molar refractivity (Wildman–Crippen MR) is 78.7 cm³/mol. The van der Waals surface area contributed by atoms with Crippen molar-refractivity contribution in [2.75, 3.05) is 37.6 Å². The molecule has 1 aliphatic rings. The molecule has 0 atom stereocenters. The van der Waals surface area contributed by atoms with E-state index in [9.17, 15) is 13.2 Å². The molecule has 1 aromatic carbocycles. The first-order valence-corrected chi connectivity index (χ1v) is 7.34. The molecule has 118 valence electrons. The molecule has 1 saturated heterocycles. The van der Waals surface area contributed by atoms with Gasteiger partial charge in [-0.1, -0.05) is 13.0 Å². The van der Waals surface area contributed by atoms with Gasteiger partial charge >= 0.3 is 6.18 Å². The van der Waals surface area contributed by atoms with Gasteiger partial charge in [-0.3, -0.25) is 0 Å². The molecule has 0 aliphatic carbocycles.